The minimum atomic E-state index is -0.849. The van der Waals surface area contributed by atoms with Crippen LogP contribution in [0.25, 0.3) is 0 Å². The van der Waals surface area contributed by atoms with Crippen LogP contribution in [0.1, 0.15) is 32.6 Å². The fourth-order valence-electron chi connectivity index (χ4n) is 2.22. The van der Waals surface area contributed by atoms with E-state index in [0.29, 0.717) is 12.5 Å². The molecular weight excluding hydrogens is 184 g/mol. The molecule has 14 heavy (non-hydrogen) atoms. The lowest BCUT2D eigenvalue weighted by Crippen LogP contribution is -2.28. The van der Waals surface area contributed by atoms with Gasteiger partial charge in [0.05, 0.1) is 18.3 Å². The zero-order valence-corrected chi connectivity index (χ0v) is 8.31. The summed E-state index contributed by atoms with van der Waals surface area (Å²) in [6.07, 6.45) is 3.30. The van der Waals surface area contributed by atoms with Gasteiger partial charge in [-0.15, -0.1) is 0 Å². The van der Waals surface area contributed by atoms with Crippen LogP contribution in [0.4, 0.5) is 0 Å². The van der Waals surface area contributed by atoms with Crippen molar-refractivity contribution in [3.05, 3.63) is 0 Å². The van der Waals surface area contributed by atoms with E-state index in [9.17, 15) is 4.79 Å². The highest BCUT2D eigenvalue weighted by molar-refractivity contribution is 5.72. The third-order valence-corrected chi connectivity index (χ3v) is 3.01. The van der Waals surface area contributed by atoms with E-state index in [2.05, 4.69) is 0 Å². The van der Waals surface area contributed by atoms with Gasteiger partial charge in [0.2, 0.25) is 0 Å². The lowest BCUT2D eigenvalue weighted by Gasteiger charge is -2.18. The maximum Gasteiger partial charge on any atom is 0.332 e. The summed E-state index contributed by atoms with van der Waals surface area (Å²) in [6.45, 7) is 2.05. The van der Waals surface area contributed by atoms with Gasteiger partial charge in [0.25, 0.3) is 0 Å². The molecule has 2 saturated heterocycles. The molecule has 2 aliphatic heterocycles. The van der Waals surface area contributed by atoms with Gasteiger partial charge < -0.3 is 14.6 Å². The summed E-state index contributed by atoms with van der Waals surface area (Å²) >= 11 is 0. The van der Waals surface area contributed by atoms with Crippen molar-refractivity contribution in [2.75, 3.05) is 0 Å². The molecule has 1 N–H and O–H groups in total. The number of carbonyl (C=O) groups is 1. The third-order valence-electron chi connectivity index (χ3n) is 3.01. The molecule has 0 spiro atoms. The van der Waals surface area contributed by atoms with Gasteiger partial charge >= 0.3 is 5.97 Å². The smallest absolute Gasteiger partial charge is 0.332 e. The molecule has 2 heterocycles. The molecule has 4 unspecified atom stereocenters. The Kier molecular flexibility index (Phi) is 2.74. The summed E-state index contributed by atoms with van der Waals surface area (Å²) < 4.78 is 11.1. The first-order valence-corrected chi connectivity index (χ1v) is 5.20. The maximum absolute atomic E-state index is 10.7. The van der Waals surface area contributed by atoms with Crippen LogP contribution in [0, 0.1) is 0 Å². The Morgan fingerprint density at radius 1 is 1.14 bits per heavy atom. The van der Waals surface area contributed by atoms with Crippen LogP contribution in [0.15, 0.2) is 0 Å². The van der Waals surface area contributed by atoms with Crippen molar-refractivity contribution in [2.45, 2.75) is 57.0 Å². The number of ether oxygens (including phenoxy) is 2. The van der Waals surface area contributed by atoms with E-state index in [1.54, 1.807) is 0 Å². The Bertz CT molecular complexity index is 228. The summed E-state index contributed by atoms with van der Waals surface area (Å²) in [5, 5.41) is 8.76. The molecule has 0 aromatic heterocycles. The highest BCUT2D eigenvalue weighted by Gasteiger charge is 2.38. The number of aliphatic carboxylic acids is 1. The van der Waals surface area contributed by atoms with Crippen molar-refractivity contribution in [1.29, 1.82) is 0 Å². The first-order valence-electron chi connectivity index (χ1n) is 5.20. The minimum Gasteiger partial charge on any atom is -0.479 e. The second-order valence-electron chi connectivity index (χ2n) is 4.14. The van der Waals surface area contributed by atoms with Crippen LogP contribution in [0.5, 0.6) is 0 Å². The van der Waals surface area contributed by atoms with Crippen molar-refractivity contribution in [1.82, 2.24) is 0 Å². The molecule has 4 atom stereocenters. The SMILES string of the molecule is CC1CCC(C2CCC(C(=O)O)O2)O1. The van der Waals surface area contributed by atoms with Crippen LogP contribution in [0.2, 0.25) is 0 Å². The van der Waals surface area contributed by atoms with Crippen molar-refractivity contribution in [3.63, 3.8) is 0 Å². The predicted molar refractivity (Wildman–Crippen MR) is 49.1 cm³/mol. The number of hydrogen-bond acceptors (Lipinski definition) is 3. The topological polar surface area (TPSA) is 55.8 Å². The molecule has 4 nitrogen and oxygen atoms in total. The quantitative estimate of drug-likeness (QED) is 0.727. The molecule has 0 aromatic rings. The van der Waals surface area contributed by atoms with Crippen molar-refractivity contribution >= 4 is 5.97 Å². The van der Waals surface area contributed by atoms with E-state index in [1.165, 1.54) is 0 Å². The van der Waals surface area contributed by atoms with Gasteiger partial charge in [0.15, 0.2) is 6.10 Å². The lowest BCUT2D eigenvalue weighted by molar-refractivity contribution is -0.152. The molecule has 2 rings (SSSR count). The van der Waals surface area contributed by atoms with E-state index in [-0.39, 0.29) is 12.2 Å². The van der Waals surface area contributed by atoms with Crippen molar-refractivity contribution in [3.8, 4) is 0 Å². The van der Waals surface area contributed by atoms with Gasteiger partial charge in [0.1, 0.15) is 0 Å². The fourth-order valence-corrected chi connectivity index (χ4v) is 2.22. The molecule has 0 aromatic carbocycles. The molecule has 4 heteroatoms. The second-order valence-corrected chi connectivity index (χ2v) is 4.14. The van der Waals surface area contributed by atoms with Crippen molar-refractivity contribution in [2.24, 2.45) is 0 Å². The van der Waals surface area contributed by atoms with Crippen LogP contribution in [-0.2, 0) is 14.3 Å². The van der Waals surface area contributed by atoms with Crippen LogP contribution in [0.3, 0.4) is 0 Å². The van der Waals surface area contributed by atoms with Crippen molar-refractivity contribution < 1.29 is 19.4 Å². The Morgan fingerprint density at radius 3 is 2.29 bits per heavy atom. The summed E-state index contributed by atoms with van der Waals surface area (Å²) in [5.74, 6) is -0.849. The summed E-state index contributed by atoms with van der Waals surface area (Å²) in [7, 11) is 0. The molecule has 0 amide bonds. The minimum absolute atomic E-state index is 0.000972. The molecule has 2 fully saturated rings. The predicted octanol–water partition coefficient (Wildman–Crippen LogP) is 1.19. The van der Waals surface area contributed by atoms with Gasteiger partial charge in [-0.3, -0.25) is 0 Å². The van der Waals surface area contributed by atoms with Crippen LogP contribution in [-0.4, -0.2) is 35.5 Å². The summed E-state index contributed by atoms with van der Waals surface area (Å²) in [6, 6.07) is 0. The van der Waals surface area contributed by atoms with Gasteiger partial charge in [-0.25, -0.2) is 4.79 Å². The number of rotatable bonds is 2. The second kappa shape index (κ2) is 3.87. The Morgan fingerprint density at radius 2 is 1.79 bits per heavy atom. The zero-order chi connectivity index (χ0) is 10.1. The average Bonchev–Trinajstić information content (AvgIpc) is 2.70. The van der Waals surface area contributed by atoms with Crippen LogP contribution < -0.4 is 0 Å². The molecular formula is C10H16O4. The molecule has 80 valence electrons. The molecule has 0 bridgehead atoms. The first kappa shape index (κ1) is 9.93. The maximum atomic E-state index is 10.7. The fraction of sp³-hybridized carbons (Fsp3) is 0.900. The number of hydrogen-bond donors (Lipinski definition) is 1. The number of carboxylic acid groups (broad SMARTS) is 1. The summed E-state index contributed by atoms with van der Waals surface area (Å²) in [4.78, 5) is 10.7. The molecule has 0 aliphatic carbocycles. The highest BCUT2D eigenvalue weighted by Crippen LogP contribution is 2.31. The van der Waals surface area contributed by atoms with E-state index >= 15 is 0 Å². The first-order chi connectivity index (χ1) is 6.66. The van der Waals surface area contributed by atoms with Gasteiger partial charge in [0, 0.05) is 0 Å². The number of carboxylic acids is 1. The Labute approximate surface area is 83.2 Å². The molecule has 0 radical (unpaired) electrons. The largest absolute Gasteiger partial charge is 0.479 e. The van der Waals surface area contributed by atoms with Crippen LogP contribution >= 0.6 is 0 Å². The lowest BCUT2D eigenvalue weighted by atomic mass is 10.1. The van der Waals surface area contributed by atoms with Gasteiger partial charge in [-0.2, -0.15) is 0 Å². The Balaban J connectivity index is 1.86. The van der Waals surface area contributed by atoms with Gasteiger partial charge in [-0.1, -0.05) is 0 Å². The zero-order valence-electron chi connectivity index (χ0n) is 8.31. The van der Waals surface area contributed by atoms with E-state index < -0.39 is 12.1 Å². The van der Waals surface area contributed by atoms with Gasteiger partial charge in [-0.05, 0) is 32.6 Å². The third kappa shape index (κ3) is 1.91. The standard InChI is InChI=1S/C10H16O4/c1-6-2-3-7(13-6)8-4-5-9(14-8)10(11)12/h6-9H,2-5H2,1H3,(H,11,12). The molecule has 0 saturated carbocycles. The average molecular weight is 200 g/mol. The van der Waals surface area contributed by atoms with E-state index in [4.69, 9.17) is 14.6 Å². The normalized spacial score (nSPS) is 42.9. The monoisotopic (exact) mass is 200 g/mol. The molecule has 2 aliphatic rings. The highest BCUT2D eigenvalue weighted by atomic mass is 16.6. The van der Waals surface area contributed by atoms with E-state index in [1.807, 2.05) is 6.92 Å². The summed E-state index contributed by atoms with van der Waals surface area (Å²) in [5.41, 5.74) is 0. The Hall–Kier alpha value is -0.610. The van der Waals surface area contributed by atoms with E-state index in [0.717, 1.165) is 19.3 Å².